The van der Waals surface area contributed by atoms with E-state index in [1.54, 1.807) is 0 Å². The first kappa shape index (κ1) is 14.9. The molecule has 1 rings (SSSR count). The summed E-state index contributed by atoms with van der Waals surface area (Å²) in [5.74, 6) is 0.0515. The van der Waals surface area contributed by atoms with Gasteiger partial charge in [-0.15, -0.1) is 0 Å². The van der Waals surface area contributed by atoms with Crippen LogP contribution >= 0.6 is 0 Å². The van der Waals surface area contributed by atoms with Crippen LogP contribution in [0, 0.1) is 11.3 Å². The highest BCUT2D eigenvalue weighted by molar-refractivity contribution is 4.85. The van der Waals surface area contributed by atoms with Crippen molar-refractivity contribution in [2.24, 2.45) is 11.3 Å². The van der Waals surface area contributed by atoms with Crippen LogP contribution in [0.4, 0.5) is 0 Å². The Balaban J connectivity index is 2.68. The topological polar surface area (TPSA) is 60.7 Å². The second-order valence-electron chi connectivity index (χ2n) is 5.57. The second kappa shape index (κ2) is 8.06. The SMILES string of the molecule is OCC1CCCCCCCCCC1(CO)CO. The minimum Gasteiger partial charge on any atom is -0.396 e. The summed E-state index contributed by atoms with van der Waals surface area (Å²) in [6.45, 7) is 0.0740. The van der Waals surface area contributed by atoms with E-state index in [9.17, 15) is 15.3 Å². The van der Waals surface area contributed by atoms with E-state index < -0.39 is 5.41 Å². The molecule has 3 heteroatoms. The summed E-state index contributed by atoms with van der Waals surface area (Å²) in [6, 6.07) is 0. The molecule has 0 aromatic carbocycles. The summed E-state index contributed by atoms with van der Waals surface area (Å²) in [6.07, 6.45) is 10.2. The van der Waals surface area contributed by atoms with Gasteiger partial charge in [-0.05, 0) is 18.8 Å². The molecule has 1 aliphatic carbocycles. The molecule has 102 valence electrons. The first-order valence-electron chi connectivity index (χ1n) is 7.11. The van der Waals surface area contributed by atoms with Gasteiger partial charge in [-0.25, -0.2) is 0 Å². The number of aliphatic hydroxyl groups is 3. The van der Waals surface area contributed by atoms with Crippen LogP contribution in [-0.2, 0) is 0 Å². The number of rotatable bonds is 3. The lowest BCUT2D eigenvalue weighted by molar-refractivity contribution is -0.0299. The van der Waals surface area contributed by atoms with Crippen molar-refractivity contribution in [3.63, 3.8) is 0 Å². The van der Waals surface area contributed by atoms with Gasteiger partial charge in [0.1, 0.15) is 0 Å². The Labute approximate surface area is 105 Å². The van der Waals surface area contributed by atoms with Crippen LogP contribution in [0.3, 0.4) is 0 Å². The molecule has 3 N–H and O–H groups in total. The average Bonchev–Trinajstić information content (AvgIpc) is 2.41. The zero-order valence-corrected chi connectivity index (χ0v) is 10.9. The van der Waals surface area contributed by atoms with E-state index in [2.05, 4.69) is 0 Å². The maximum atomic E-state index is 9.62. The summed E-state index contributed by atoms with van der Waals surface area (Å²) >= 11 is 0. The molecule has 0 aromatic heterocycles. The smallest absolute Gasteiger partial charge is 0.0512 e. The molecule has 0 radical (unpaired) electrons. The van der Waals surface area contributed by atoms with E-state index in [0.29, 0.717) is 0 Å². The van der Waals surface area contributed by atoms with Crippen LogP contribution < -0.4 is 0 Å². The van der Waals surface area contributed by atoms with E-state index in [1.165, 1.54) is 32.1 Å². The molecular weight excluding hydrogens is 216 g/mol. The Morgan fingerprint density at radius 2 is 1.29 bits per heavy atom. The summed E-state index contributed by atoms with van der Waals surface area (Å²) in [7, 11) is 0. The largest absolute Gasteiger partial charge is 0.396 e. The highest BCUT2D eigenvalue weighted by Crippen LogP contribution is 2.37. The van der Waals surface area contributed by atoms with Crippen molar-refractivity contribution < 1.29 is 15.3 Å². The number of hydrogen-bond donors (Lipinski definition) is 3. The van der Waals surface area contributed by atoms with Crippen LogP contribution in [0.5, 0.6) is 0 Å². The molecule has 0 saturated heterocycles. The van der Waals surface area contributed by atoms with Gasteiger partial charge in [-0.1, -0.05) is 44.9 Å². The summed E-state index contributed by atoms with van der Waals surface area (Å²) in [5, 5.41) is 28.8. The molecular formula is C14H28O3. The molecule has 1 aliphatic rings. The molecule has 0 heterocycles. The third-order valence-corrected chi connectivity index (χ3v) is 4.44. The number of aliphatic hydroxyl groups excluding tert-OH is 3. The van der Waals surface area contributed by atoms with E-state index in [1.807, 2.05) is 0 Å². The van der Waals surface area contributed by atoms with Gasteiger partial charge in [0.2, 0.25) is 0 Å². The molecule has 1 atom stereocenters. The van der Waals surface area contributed by atoms with Crippen molar-refractivity contribution in [2.75, 3.05) is 19.8 Å². The van der Waals surface area contributed by atoms with Crippen molar-refractivity contribution >= 4 is 0 Å². The fourth-order valence-electron chi connectivity index (χ4n) is 3.01. The minimum absolute atomic E-state index is 0.00523. The fraction of sp³-hybridized carbons (Fsp3) is 1.00. The monoisotopic (exact) mass is 244 g/mol. The Hall–Kier alpha value is -0.120. The van der Waals surface area contributed by atoms with Gasteiger partial charge in [0.05, 0.1) is 13.2 Å². The summed E-state index contributed by atoms with van der Waals surface area (Å²) < 4.78 is 0. The highest BCUT2D eigenvalue weighted by atomic mass is 16.3. The first-order chi connectivity index (χ1) is 8.29. The van der Waals surface area contributed by atoms with Crippen LogP contribution in [0.1, 0.15) is 57.8 Å². The van der Waals surface area contributed by atoms with Gasteiger partial charge in [0.15, 0.2) is 0 Å². The minimum atomic E-state index is -0.459. The molecule has 1 fully saturated rings. The third-order valence-electron chi connectivity index (χ3n) is 4.44. The van der Waals surface area contributed by atoms with Crippen molar-refractivity contribution in [1.29, 1.82) is 0 Å². The molecule has 0 amide bonds. The quantitative estimate of drug-likeness (QED) is 0.712. The van der Waals surface area contributed by atoms with Crippen molar-refractivity contribution in [3.8, 4) is 0 Å². The van der Waals surface area contributed by atoms with Crippen LogP contribution in [-0.4, -0.2) is 35.1 Å². The Morgan fingerprint density at radius 1 is 0.765 bits per heavy atom. The van der Waals surface area contributed by atoms with E-state index >= 15 is 0 Å². The molecule has 0 aromatic rings. The van der Waals surface area contributed by atoms with Crippen molar-refractivity contribution in [1.82, 2.24) is 0 Å². The molecule has 1 saturated carbocycles. The molecule has 0 bridgehead atoms. The lowest BCUT2D eigenvalue weighted by Crippen LogP contribution is -2.40. The zero-order valence-electron chi connectivity index (χ0n) is 10.9. The number of hydrogen-bond acceptors (Lipinski definition) is 3. The van der Waals surface area contributed by atoms with Gasteiger partial charge in [-0.2, -0.15) is 0 Å². The van der Waals surface area contributed by atoms with Crippen molar-refractivity contribution in [2.45, 2.75) is 57.8 Å². The molecule has 17 heavy (non-hydrogen) atoms. The lowest BCUT2D eigenvalue weighted by Gasteiger charge is -2.37. The maximum Gasteiger partial charge on any atom is 0.0512 e. The van der Waals surface area contributed by atoms with Gasteiger partial charge >= 0.3 is 0 Å². The maximum absolute atomic E-state index is 9.62. The second-order valence-corrected chi connectivity index (χ2v) is 5.57. The molecule has 1 unspecified atom stereocenters. The normalized spacial score (nSPS) is 27.4. The average molecular weight is 244 g/mol. The summed E-state index contributed by atoms with van der Waals surface area (Å²) in [4.78, 5) is 0. The van der Waals surface area contributed by atoms with E-state index in [4.69, 9.17) is 0 Å². The van der Waals surface area contributed by atoms with Crippen LogP contribution in [0.2, 0.25) is 0 Å². The Morgan fingerprint density at radius 3 is 1.82 bits per heavy atom. The standard InChI is InChI=1S/C14H28O3/c15-10-13-8-6-4-2-1-3-5-7-9-14(13,11-16)12-17/h13,15-17H,1-12H2. The zero-order chi connectivity index (χ0) is 12.6. The third kappa shape index (κ3) is 4.23. The highest BCUT2D eigenvalue weighted by Gasteiger charge is 2.36. The van der Waals surface area contributed by atoms with Gasteiger partial charge < -0.3 is 15.3 Å². The fourth-order valence-corrected chi connectivity index (χ4v) is 3.01. The van der Waals surface area contributed by atoms with Crippen LogP contribution in [0.25, 0.3) is 0 Å². The van der Waals surface area contributed by atoms with Gasteiger partial charge in [0.25, 0.3) is 0 Å². The van der Waals surface area contributed by atoms with Gasteiger partial charge in [0, 0.05) is 12.0 Å². The lowest BCUT2D eigenvalue weighted by atomic mass is 9.71. The van der Waals surface area contributed by atoms with Crippen molar-refractivity contribution in [3.05, 3.63) is 0 Å². The Kier molecular flexibility index (Phi) is 7.09. The molecule has 0 aliphatic heterocycles. The first-order valence-corrected chi connectivity index (χ1v) is 7.11. The predicted octanol–water partition coefficient (Wildman–Crippen LogP) is 2.09. The van der Waals surface area contributed by atoms with E-state index in [0.717, 1.165) is 25.7 Å². The molecule has 3 nitrogen and oxygen atoms in total. The Bertz CT molecular complexity index is 190. The van der Waals surface area contributed by atoms with Crippen LogP contribution in [0.15, 0.2) is 0 Å². The predicted molar refractivity (Wildman–Crippen MR) is 68.7 cm³/mol. The van der Waals surface area contributed by atoms with Gasteiger partial charge in [-0.3, -0.25) is 0 Å². The molecule has 0 spiro atoms. The van der Waals surface area contributed by atoms with E-state index in [-0.39, 0.29) is 25.7 Å². The summed E-state index contributed by atoms with van der Waals surface area (Å²) in [5.41, 5.74) is -0.459.